The predicted molar refractivity (Wildman–Crippen MR) is 68.4 cm³/mol. The average Bonchev–Trinajstić information content (AvgIpc) is 2.33. The van der Waals surface area contributed by atoms with E-state index < -0.39 is 0 Å². The molecule has 16 heavy (non-hydrogen) atoms. The molecule has 1 heteroatoms. The average molecular weight is 211 g/mol. The maximum Gasteiger partial charge on any atom is 0.0737 e. The molecule has 82 valence electrons. The van der Waals surface area contributed by atoms with Crippen LogP contribution in [0.2, 0.25) is 0 Å². The van der Waals surface area contributed by atoms with Crippen molar-refractivity contribution in [2.45, 2.75) is 26.7 Å². The van der Waals surface area contributed by atoms with Crippen molar-refractivity contribution in [1.82, 2.24) is 4.98 Å². The van der Waals surface area contributed by atoms with Gasteiger partial charge in [-0.15, -0.1) is 0 Å². The van der Waals surface area contributed by atoms with Crippen LogP contribution >= 0.6 is 0 Å². The second-order valence-corrected chi connectivity index (χ2v) is 4.08. The Kier molecular flexibility index (Phi) is 3.35. The molecule has 0 atom stereocenters. The molecule has 0 radical (unpaired) electrons. The first kappa shape index (κ1) is 10.9. The number of rotatable bonds is 3. The van der Waals surface area contributed by atoms with Crippen molar-refractivity contribution in [2.24, 2.45) is 0 Å². The van der Waals surface area contributed by atoms with E-state index >= 15 is 0 Å². The van der Waals surface area contributed by atoms with Crippen LogP contribution in [0.1, 0.15) is 24.6 Å². The number of aryl methyl sites for hydroxylation is 2. The van der Waals surface area contributed by atoms with Gasteiger partial charge in [-0.2, -0.15) is 0 Å². The lowest BCUT2D eigenvalue weighted by atomic mass is 10.0. The van der Waals surface area contributed by atoms with E-state index in [1.54, 1.807) is 0 Å². The molecule has 1 aromatic carbocycles. The highest BCUT2D eigenvalue weighted by atomic mass is 14.7. The summed E-state index contributed by atoms with van der Waals surface area (Å²) in [6.07, 6.45) is 2.25. The van der Waals surface area contributed by atoms with E-state index in [9.17, 15) is 0 Å². The summed E-state index contributed by atoms with van der Waals surface area (Å²) in [4.78, 5) is 4.66. The van der Waals surface area contributed by atoms with Gasteiger partial charge in [-0.05, 0) is 25.0 Å². The lowest BCUT2D eigenvalue weighted by Gasteiger charge is -2.08. The van der Waals surface area contributed by atoms with Gasteiger partial charge in [0.05, 0.1) is 5.69 Å². The third-order valence-electron chi connectivity index (χ3n) is 2.68. The summed E-state index contributed by atoms with van der Waals surface area (Å²) in [5.41, 5.74) is 4.79. The second-order valence-electron chi connectivity index (χ2n) is 4.08. The molecule has 0 fully saturated rings. The molecule has 0 aliphatic rings. The number of pyridine rings is 1. The summed E-state index contributed by atoms with van der Waals surface area (Å²) in [5.74, 6) is 0. The molecule has 0 bridgehead atoms. The van der Waals surface area contributed by atoms with Gasteiger partial charge in [0.15, 0.2) is 0 Å². The third kappa shape index (κ3) is 2.30. The van der Waals surface area contributed by atoms with Crippen LogP contribution in [0.3, 0.4) is 0 Å². The first-order chi connectivity index (χ1) is 7.81. The molecule has 0 aliphatic heterocycles. The maximum atomic E-state index is 4.66. The van der Waals surface area contributed by atoms with Gasteiger partial charge >= 0.3 is 0 Å². The summed E-state index contributed by atoms with van der Waals surface area (Å²) in [5, 5.41) is 0. The molecular weight excluding hydrogens is 194 g/mol. The Balaban J connectivity index is 2.49. The molecule has 0 spiro atoms. The highest BCUT2D eigenvalue weighted by Gasteiger charge is 2.05. The van der Waals surface area contributed by atoms with E-state index in [1.165, 1.54) is 11.1 Å². The van der Waals surface area contributed by atoms with Crippen LogP contribution in [0.15, 0.2) is 42.5 Å². The van der Waals surface area contributed by atoms with Gasteiger partial charge in [0, 0.05) is 11.3 Å². The quantitative estimate of drug-likeness (QED) is 0.747. The van der Waals surface area contributed by atoms with Crippen LogP contribution in [0.25, 0.3) is 11.3 Å². The fraction of sp³-hybridized carbons (Fsp3) is 0.267. The van der Waals surface area contributed by atoms with E-state index in [2.05, 4.69) is 48.3 Å². The van der Waals surface area contributed by atoms with E-state index in [0.29, 0.717) is 0 Å². The Bertz CT molecular complexity index is 460. The van der Waals surface area contributed by atoms with Gasteiger partial charge < -0.3 is 0 Å². The third-order valence-corrected chi connectivity index (χ3v) is 2.68. The first-order valence-corrected chi connectivity index (χ1v) is 5.83. The minimum atomic E-state index is 1.08. The number of aromatic nitrogens is 1. The Morgan fingerprint density at radius 3 is 2.44 bits per heavy atom. The van der Waals surface area contributed by atoms with E-state index in [-0.39, 0.29) is 0 Å². The Morgan fingerprint density at radius 2 is 1.75 bits per heavy atom. The topological polar surface area (TPSA) is 12.9 Å². The van der Waals surface area contributed by atoms with Crippen molar-refractivity contribution in [3.8, 4) is 11.3 Å². The summed E-state index contributed by atoms with van der Waals surface area (Å²) >= 11 is 0. The van der Waals surface area contributed by atoms with Crippen molar-refractivity contribution in [3.63, 3.8) is 0 Å². The molecule has 0 amide bonds. The van der Waals surface area contributed by atoms with Crippen LogP contribution in [-0.2, 0) is 6.42 Å². The molecule has 1 heterocycles. The molecule has 2 rings (SSSR count). The van der Waals surface area contributed by atoms with Crippen molar-refractivity contribution < 1.29 is 0 Å². The first-order valence-electron chi connectivity index (χ1n) is 5.83. The summed E-state index contributed by atoms with van der Waals surface area (Å²) in [6.45, 7) is 4.25. The maximum absolute atomic E-state index is 4.66. The summed E-state index contributed by atoms with van der Waals surface area (Å²) < 4.78 is 0. The molecule has 0 saturated heterocycles. The molecule has 1 aromatic heterocycles. The summed E-state index contributed by atoms with van der Waals surface area (Å²) in [6, 6.07) is 14.7. The molecule has 0 saturated carbocycles. The zero-order chi connectivity index (χ0) is 11.4. The van der Waals surface area contributed by atoms with Crippen molar-refractivity contribution in [1.29, 1.82) is 0 Å². The van der Waals surface area contributed by atoms with Gasteiger partial charge in [-0.3, -0.25) is 4.98 Å². The highest BCUT2D eigenvalue weighted by Crippen LogP contribution is 2.22. The predicted octanol–water partition coefficient (Wildman–Crippen LogP) is 4.01. The fourth-order valence-corrected chi connectivity index (χ4v) is 1.90. The largest absolute Gasteiger partial charge is 0.253 e. The van der Waals surface area contributed by atoms with Gasteiger partial charge in [0.2, 0.25) is 0 Å². The molecule has 0 unspecified atom stereocenters. The SMILES string of the molecule is CCCc1ccc(C)nc1-c1ccccc1. The Hall–Kier alpha value is -1.63. The smallest absolute Gasteiger partial charge is 0.0737 e. The zero-order valence-electron chi connectivity index (χ0n) is 9.90. The molecule has 1 nitrogen and oxygen atoms in total. The lowest BCUT2D eigenvalue weighted by molar-refractivity contribution is 0.913. The normalized spacial score (nSPS) is 10.4. The van der Waals surface area contributed by atoms with Gasteiger partial charge in [-0.25, -0.2) is 0 Å². The fourth-order valence-electron chi connectivity index (χ4n) is 1.90. The number of hydrogen-bond donors (Lipinski definition) is 0. The second kappa shape index (κ2) is 4.93. The number of nitrogens with zero attached hydrogens (tertiary/aromatic N) is 1. The van der Waals surface area contributed by atoms with Crippen molar-refractivity contribution in [2.75, 3.05) is 0 Å². The highest BCUT2D eigenvalue weighted by molar-refractivity contribution is 5.63. The minimum Gasteiger partial charge on any atom is -0.253 e. The molecule has 0 aliphatic carbocycles. The Labute approximate surface area is 97.2 Å². The van der Waals surface area contributed by atoms with Crippen LogP contribution in [0.5, 0.6) is 0 Å². The summed E-state index contributed by atoms with van der Waals surface area (Å²) in [7, 11) is 0. The van der Waals surface area contributed by atoms with Crippen LogP contribution < -0.4 is 0 Å². The zero-order valence-corrected chi connectivity index (χ0v) is 9.90. The van der Waals surface area contributed by atoms with Crippen LogP contribution in [-0.4, -0.2) is 4.98 Å². The van der Waals surface area contributed by atoms with Crippen LogP contribution in [0.4, 0.5) is 0 Å². The van der Waals surface area contributed by atoms with Gasteiger partial charge in [0.25, 0.3) is 0 Å². The molecular formula is C15H17N. The van der Waals surface area contributed by atoms with E-state index in [0.717, 1.165) is 24.2 Å². The van der Waals surface area contributed by atoms with Gasteiger partial charge in [0.1, 0.15) is 0 Å². The number of hydrogen-bond acceptors (Lipinski definition) is 1. The minimum absolute atomic E-state index is 1.08. The Morgan fingerprint density at radius 1 is 1.00 bits per heavy atom. The molecule has 2 aromatic rings. The monoisotopic (exact) mass is 211 g/mol. The van der Waals surface area contributed by atoms with Crippen molar-refractivity contribution >= 4 is 0 Å². The van der Waals surface area contributed by atoms with E-state index in [1.807, 2.05) is 13.0 Å². The van der Waals surface area contributed by atoms with Crippen LogP contribution in [0, 0.1) is 6.92 Å². The lowest BCUT2D eigenvalue weighted by Crippen LogP contribution is -1.94. The number of benzene rings is 1. The standard InChI is InChI=1S/C15H17N/c1-3-7-13-11-10-12(2)16-15(13)14-8-5-4-6-9-14/h4-6,8-11H,3,7H2,1-2H3. The van der Waals surface area contributed by atoms with Gasteiger partial charge in [-0.1, -0.05) is 49.7 Å². The molecule has 0 N–H and O–H groups in total. The van der Waals surface area contributed by atoms with Crippen molar-refractivity contribution in [3.05, 3.63) is 53.7 Å². The van der Waals surface area contributed by atoms with E-state index in [4.69, 9.17) is 0 Å².